The summed E-state index contributed by atoms with van der Waals surface area (Å²) in [4.78, 5) is 11.4. The van der Waals surface area contributed by atoms with E-state index in [1.165, 1.54) is 7.11 Å². The number of carbonyl (C=O) groups is 1. The number of aromatic nitrogens is 2. The first-order valence-electron chi connectivity index (χ1n) is 5.20. The second-order valence-electron chi connectivity index (χ2n) is 3.74. The Balaban J connectivity index is 2.15. The zero-order chi connectivity index (χ0) is 11.5. The fourth-order valence-electron chi connectivity index (χ4n) is 1.70. The molecule has 0 radical (unpaired) electrons. The van der Waals surface area contributed by atoms with E-state index in [0.717, 1.165) is 19.5 Å². The molecule has 0 aromatic carbocycles. The highest BCUT2D eigenvalue weighted by Crippen LogP contribution is 2.20. The van der Waals surface area contributed by atoms with Gasteiger partial charge in [-0.15, -0.1) is 0 Å². The molecule has 1 aromatic heterocycles. The van der Waals surface area contributed by atoms with Crippen LogP contribution in [0.15, 0.2) is 6.20 Å². The maximum atomic E-state index is 11.4. The number of aryl methyl sites for hydroxylation is 1. The van der Waals surface area contributed by atoms with Gasteiger partial charge in [0.25, 0.3) is 0 Å². The molecule has 16 heavy (non-hydrogen) atoms. The number of nitrogens with zero attached hydrogens (tertiary/aromatic N) is 2. The molecule has 0 bridgehead atoms. The first-order valence-corrected chi connectivity index (χ1v) is 5.20. The van der Waals surface area contributed by atoms with Crippen molar-refractivity contribution in [1.82, 2.24) is 15.1 Å². The largest absolute Gasteiger partial charge is 0.485 e. The molecule has 0 saturated carbocycles. The van der Waals surface area contributed by atoms with E-state index in [1.807, 2.05) is 0 Å². The van der Waals surface area contributed by atoms with Crippen LogP contribution in [0.4, 0.5) is 0 Å². The van der Waals surface area contributed by atoms with E-state index >= 15 is 0 Å². The van der Waals surface area contributed by atoms with Gasteiger partial charge in [-0.2, -0.15) is 5.10 Å². The average Bonchev–Trinajstić information content (AvgIpc) is 2.88. The third-order valence-electron chi connectivity index (χ3n) is 2.48. The quantitative estimate of drug-likeness (QED) is 0.730. The van der Waals surface area contributed by atoms with Crippen LogP contribution in [0.5, 0.6) is 5.75 Å². The molecule has 1 aliphatic heterocycles. The summed E-state index contributed by atoms with van der Waals surface area (Å²) >= 11 is 0. The molecule has 6 heteroatoms. The zero-order valence-electron chi connectivity index (χ0n) is 9.40. The van der Waals surface area contributed by atoms with Gasteiger partial charge in [0.2, 0.25) is 5.69 Å². The first kappa shape index (κ1) is 10.9. The maximum Gasteiger partial charge on any atom is 0.362 e. The van der Waals surface area contributed by atoms with Crippen molar-refractivity contribution in [2.24, 2.45) is 7.05 Å². The number of rotatable bonds is 3. The molecule has 1 unspecified atom stereocenters. The molecule has 0 spiro atoms. The predicted molar refractivity (Wildman–Crippen MR) is 56.5 cm³/mol. The Morgan fingerprint density at radius 3 is 3.12 bits per heavy atom. The monoisotopic (exact) mass is 225 g/mol. The van der Waals surface area contributed by atoms with Crippen LogP contribution in [0.25, 0.3) is 0 Å². The van der Waals surface area contributed by atoms with Crippen molar-refractivity contribution in [2.45, 2.75) is 12.5 Å². The van der Waals surface area contributed by atoms with E-state index in [4.69, 9.17) is 4.74 Å². The Kier molecular flexibility index (Phi) is 3.09. The summed E-state index contributed by atoms with van der Waals surface area (Å²) in [6.45, 7) is 1.74. The summed E-state index contributed by atoms with van der Waals surface area (Å²) in [7, 11) is 3.07. The van der Waals surface area contributed by atoms with Crippen LogP contribution in [-0.4, -0.2) is 42.1 Å². The molecular weight excluding hydrogens is 210 g/mol. The Labute approximate surface area is 93.5 Å². The van der Waals surface area contributed by atoms with Gasteiger partial charge < -0.3 is 14.8 Å². The van der Waals surface area contributed by atoms with E-state index in [2.05, 4.69) is 15.2 Å². The maximum absolute atomic E-state index is 11.4. The van der Waals surface area contributed by atoms with Crippen LogP contribution in [0.3, 0.4) is 0 Å². The van der Waals surface area contributed by atoms with E-state index in [-0.39, 0.29) is 11.8 Å². The summed E-state index contributed by atoms with van der Waals surface area (Å²) in [5, 5.41) is 7.21. The molecule has 1 aromatic rings. The highest BCUT2D eigenvalue weighted by molar-refractivity contribution is 5.90. The molecule has 1 aliphatic rings. The van der Waals surface area contributed by atoms with Crippen molar-refractivity contribution in [3.8, 4) is 5.75 Å². The van der Waals surface area contributed by atoms with E-state index in [0.29, 0.717) is 5.75 Å². The van der Waals surface area contributed by atoms with Crippen molar-refractivity contribution < 1.29 is 14.3 Å². The van der Waals surface area contributed by atoms with Crippen LogP contribution >= 0.6 is 0 Å². The summed E-state index contributed by atoms with van der Waals surface area (Å²) in [5.41, 5.74) is 0.233. The first-order chi connectivity index (χ1) is 7.70. The predicted octanol–water partition coefficient (Wildman–Crippen LogP) is -0.0526. The molecule has 0 amide bonds. The Hall–Kier alpha value is -1.56. The number of hydrogen-bond donors (Lipinski definition) is 1. The van der Waals surface area contributed by atoms with Crippen molar-refractivity contribution in [1.29, 1.82) is 0 Å². The second kappa shape index (κ2) is 4.52. The molecule has 0 aliphatic carbocycles. The smallest absolute Gasteiger partial charge is 0.362 e. The van der Waals surface area contributed by atoms with Gasteiger partial charge in [-0.1, -0.05) is 0 Å². The lowest BCUT2D eigenvalue weighted by Crippen LogP contribution is -2.20. The standard InChI is InChI=1S/C10H15N3O3/c1-13-6-8(9(12-13)10(14)15-2)16-7-3-4-11-5-7/h6-7,11H,3-5H2,1-2H3. The summed E-state index contributed by atoms with van der Waals surface area (Å²) in [6.07, 6.45) is 2.73. The lowest BCUT2D eigenvalue weighted by molar-refractivity contribution is 0.0586. The van der Waals surface area contributed by atoms with Gasteiger partial charge in [-0.05, 0) is 13.0 Å². The molecule has 6 nitrogen and oxygen atoms in total. The number of esters is 1. The number of methoxy groups -OCH3 is 1. The normalized spacial score (nSPS) is 19.8. The van der Waals surface area contributed by atoms with Crippen LogP contribution in [-0.2, 0) is 11.8 Å². The minimum atomic E-state index is -0.471. The average molecular weight is 225 g/mol. The third kappa shape index (κ3) is 2.16. The van der Waals surface area contributed by atoms with Gasteiger partial charge in [0, 0.05) is 13.6 Å². The van der Waals surface area contributed by atoms with E-state index in [9.17, 15) is 4.79 Å². The number of carbonyl (C=O) groups excluding carboxylic acids is 1. The Bertz CT molecular complexity index is 383. The fourth-order valence-corrected chi connectivity index (χ4v) is 1.70. The summed E-state index contributed by atoms with van der Waals surface area (Å²) in [5.74, 6) is 0.0182. The minimum Gasteiger partial charge on any atom is -0.485 e. The fraction of sp³-hybridized carbons (Fsp3) is 0.600. The lowest BCUT2D eigenvalue weighted by Gasteiger charge is -2.10. The summed E-state index contributed by atoms with van der Waals surface area (Å²) in [6, 6.07) is 0. The molecule has 1 N–H and O–H groups in total. The van der Waals surface area contributed by atoms with Crippen LogP contribution in [0.2, 0.25) is 0 Å². The number of hydrogen-bond acceptors (Lipinski definition) is 5. The highest BCUT2D eigenvalue weighted by Gasteiger charge is 2.22. The second-order valence-corrected chi connectivity index (χ2v) is 3.74. The molecule has 1 saturated heterocycles. The van der Waals surface area contributed by atoms with Gasteiger partial charge in [-0.25, -0.2) is 4.79 Å². The minimum absolute atomic E-state index is 0.104. The van der Waals surface area contributed by atoms with Gasteiger partial charge in [0.15, 0.2) is 5.75 Å². The van der Waals surface area contributed by atoms with Crippen LogP contribution in [0, 0.1) is 0 Å². The van der Waals surface area contributed by atoms with Gasteiger partial charge in [0.05, 0.1) is 13.3 Å². The Morgan fingerprint density at radius 1 is 1.69 bits per heavy atom. The molecule has 1 atom stereocenters. The Morgan fingerprint density at radius 2 is 2.50 bits per heavy atom. The van der Waals surface area contributed by atoms with Crippen molar-refractivity contribution in [3.63, 3.8) is 0 Å². The third-order valence-corrected chi connectivity index (χ3v) is 2.48. The van der Waals surface area contributed by atoms with Crippen molar-refractivity contribution in [3.05, 3.63) is 11.9 Å². The van der Waals surface area contributed by atoms with Crippen LogP contribution in [0.1, 0.15) is 16.9 Å². The summed E-state index contributed by atoms with van der Waals surface area (Å²) < 4.78 is 11.9. The molecule has 1 fully saturated rings. The van der Waals surface area contributed by atoms with Gasteiger partial charge in [-0.3, -0.25) is 4.68 Å². The molecular formula is C10H15N3O3. The van der Waals surface area contributed by atoms with Crippen molar-refractivity contribution in [2.75, 3.05) is 20.2 Å². The SMILES string of the molecule is COC(=O)c1nn(C)cc1OC1CCNC1. The lowest BCUT2D eigenvalue weighted by atomic mass is 10.3. The van der Waals surface area contributed by atoms with E-state index < -0.39 is 5.97 Å². The topological polar surface area (TPSA) is 65.4 Å². The number of ether oxygens (including phenoxy) is 2. The van der Waals surface area contributed by atoms with Crippen molar-refractivity contribution >= 4 is 5.97 Å². The van der Waals surface area contributed by atoms with Crippen LogP contribution < -0.4 is 10.1 Å². The van der Waals surface area contributed by atoms with E-state index in [1.54, 1.807) is 17.9 Å². The number of nitrogens with one attached hydrogen (secondary N) is 1. The van der Waals surface area contributed by atoms with Gasteiger partial charge >= 0.3 is 5.97 Å². The zero-order valence-corrected chi connectivity index (χ0v) is 9.40. The molecule has 2 heterocycles. The van der Waals surface area contributed by atoms with Gasteiger partial charge in [0.1, 0.15) is 6.10 Å². The molecule has 88 valence electrons. The molecule has 2 rings (SSSR count). The highest BCUT2D eigenvalue weighted by atomic mass is 16.5.